The smallest absolute Gasteiger partial charge is 0.337 e. The first-order chi connectivity index (χ1) is 12.1. The maximum Gasteiger partial charge on any atom is 0.337 e. The molecular formula is C21H23NO3. The van der Waals surface area contributed by atoms with Crippen molar-refractivity contribution in [3.63, 3.8) is 0 Å². The Morgan fingerprint density at radius 1 is 1.12 bits per heavy atom. The lowest BCUT2D eigenvalue weighted by Gasteiger charge is -2.13. The van der Waals surface area contributed by atoms with Crippen molar-refractivity contribution >= 4 is 17.2 Å². The lowest BCUT2D eigenvalue weighted by molar-refractivity contribution is 0.0600. The molecule has 3 rings (SSSR count). The Hall–Kier alpha value is -2.75. The van der Waals surface area contributed by atoms with Gasteiger partial charge in [0.2, 0.25) is 0 Å². The molecule has 0 aliphatic heterocycles. The average molecular weight is 337 g/mol. The monoisotopic (exact) mass is 337 g/mol. The second-order valence-electron chi connectivity index (χ2n) is 6.26. The molecule has 0 radical (unpaired) electrons. The minimum Gasteiger partial charge on any atom is -0.496 e. The number of esters is 1. The summed E-state index contributed by atoms with van der Waals surface area (Å²) in [5, 5.41) is 0. The van der Waals surface area contributed by atoms with Crippen molar-refractivity contribution in [2.75, 3.05) is 20.0 Å². The summed E-state index contributed by atoms with van der Waals surface area (Å²) < 4.78 is 10.3. The zero-order valence-corrected chi connectivity index (χ0v) is 14.7. The largest absolute Gasteiger partial charge is 0.496 e. The van der Waals surface area contributed by atoms with Crippen molar-refractivity contribution in [1.29, 1.82) is 0 Å². The Kier molecular flexibility index (Phi) is 5.08. The highest BCUT2D eigenvalue weighted by Crippen LogP contribution is 2.38. The van der Waals surface area contributed by atoms with Crippen LogP contribution in [0.25, 0.3) is 5.57 Å². The van der Waals surface area contributed by atoms with Gasteiger partial charge in [0.15, 0.2) is 0 Å². The molecule has 1 aliphatic carbocycles. The predicted molar refractivity (Wildman–Crippen MR) is 99.7 cm³/mol. The minimum atomic E-state index is -0.363. The van der Waals surface area contributed by atoms with Crippen LogP contribution < -0.4 is 10.5 Å². The number of nitrogen functional groups attached to an aromatic ring is 1. The molecule has 2 aromatic rings. The van der Waals surface area contributed by atoms with E-state index in [-0.39, 0.29) is 5.97 Å². The number of ether oxygens (including phenoxy) is 2. The van der Waals surface area contributed by atoms with Gasteiger partial charge >= 0.3 is 5.97 Å². The molecule has 130 valence electrons. The van der Waals surface area contributed by atoms with Gasteiger partial charge in [0.25, 0.3) is 0 Å². The Morgan fingerprint density at radius 2 is 1.92 bits per heavy atom. The Balaban J connectivity index is 1.98. The molecular weight excluding hydrogens is 314 g/mol. The fourth-order valence-electron chi connectivity index (χ4n) is 3.49. The van der Waals surface area contributed by atoms with E-state index in [1.807, 2.05) is 30.3 Å². The summed E-state index contributed by atoms with van der Waals surface area (Å²) in [5.41, 5.74) is 11.9. The van der Waals surface area contributed by atoms with Crippen molar-refractivity contribution in [3.05, 3.63) is 64.7 Å². The van der Waals surface area contributed by atoms with Crippen LogP contribution in [0.5, 0.6) is 5.75 Å². The van der Waals surface area contributed by atoms with Crippen LogP contribution in [0.2, 0.25) is 0 Å². The summed E-state index contributed by atoms with van der Waals surface area (Å²) in [6, 6.07) is 13.6. The number of benzene rings is 2. The number of nitrogens with two attached hydrogens (primary N) is 1. The summed E-state index contributed by atoms with van der Waals surface area (Å²) in [6.45, 7) is 0. The third-order valence-electron chi connectivity index (χ3n) is 4.65. The lowest BCUT2D eigenvalue weighted by atomic mass is 9.95. The average Bonchev–Trinajstić information content (AvgIpc) is 3.09. The first-order valence-corrected chi connectivity index (χ1v) is 8.44. The molecule has 0 atom stereocenters. The third-order valence-corrected chi connectivity index (χ3v) is 4.65. The molecule has 0 fully saturated rings. The number of carbonyl (C=O) groups is 1. The van der Waals surface area contributed by atoms with Crippen molar-refractivity contribution < 1.29 is 14.3 Å². The second kappa shape index (κ2) is 7.43. The molecule has 0 aromatic heterocycles. The Labute approximate surface area is 148 Å². The predicted octanol–water partition coefficient (Wildman–Crippen LogP) is 4.24. The molecule has 2 N–H and O–H groups in total. The van der Waals surface area contributed by atoms with E-state index >= 15 is 0 Å². The van der Waals surface area contributed by atoms with Gasteiger partial charge < -0.3 is 15.2 Å². The van der Waals surface area contributed by atoms with E-state index in [2.05, 4.69) is 6.07 Å². The second-order valence-corrected chi connectivity index (χ2v) is 6.26. The molecule has 0 saturated heterocycles. The Morgan fingerprint density at radius 3 is 2.68 bits per heavy atom. The van der Waals surface area contributed by atoms with Gasteiger partial charge in [-0.1, -0.05) is 23.8 Å². The summed E-state index contributed by atoms with van der Waals surface area (Å²) in [5.74, 6) is 0.544. The summed E-state index contributed by atoms with van der Waals surface area (Å²) >= 11 is 0. The first-order valence-electron chi connectivity index (χ1n) is 8.44. The van der Waals surface area contributed by atoms with Gasteiger partial charge in [0.1, 0.15) is 5.75 Å². The number of anilines is 1. The fourth-order valence-corrected chi connectivity index (χ4v) is 3.49. The minimum absolute atomic E-state index is 0.363. The summed E-state index contributed by atoms with van der Waals surface area (Å²) in [7, 11) is 3.08. The van der Waals surface area contributed by atoms with Crippen LogP contribution in [0.15, 0.2) is 48.0 Å². The number of hydrogen-bond acceptors (Lipinski definition) is 4. The third kappa shape index (κ3) is 3.68. The number of methoxy groups -OCH3 is 2. The van der Waals surface area contributed by atoms with Crippen LogP contribution in [0.4, 0.5) is 5.69 Å². The quantitative estimate of drug-likeness (QED) is 0.655. The molecule has 0 bridgehead atoms. The van der Waals surface area contributed by atoms with Crippen LogP contribution in [0.3, 0.4) is 0 Å². The van der Waals surface area contributed by atoms with E-state index in [0.717, 1.165) is 37.0 Å². The Bertz CT molecular complexity index is 824. The zero-order chi connectivity index (χ0) is 17.8. The first kappa shape index (κ1) is 17.1. The van der Waals surface area contributed by atoms with Crippen molar-refractivity contribution in [1.82, 2.24) is 0 Å². The lowest BCUT2D eigenvalue weighted by Crippen LogP contribution is -2.03. The van der Waals surface area contributed by atoms with Crippen LogP contribution in [-0.2, 0) is 11.2 Å². The van der Waals surface area contributed by atoms with E-state index in [1.165, 1.54) is 23.8 Å². The summed E-state index contributed by atoms with van der Waals surface area (Å²) in [4.78, 5) is 11.9. The maximum absolute atomic E-state index is 11.9. The van der Waals surface area contributed by atoms with Crippen molar-refractivity contribution in [3.8, 4) is 5.75 Å². The maximum atomic E-state index is 11.9. The molecule has 1 aliphatic rings. The molecule has 0 saturated carbocycles. The van der Waals surface area contributed by atoms with Crippen LogP contribution in [-0.4, -0.2) is 20.2 Å². The highest BCUT2D eigenvalue weighted by molar-refractivity contribution is 5.92. The topological polar surface area (TPSA) is 61.5 Å². The van der Waals surface area contributed by atoms with Crippen LogP contribution in [0.1, 0.15) is 40.7 Å². The molecule has 4 nitrogen and oxygen atoms in total. The highest BCUT2D eigenvalue weighted by Gasteiger charge is 2.19. The molecule has 0 spiro atoms. The molecule has 25 heavy (non-hydrogen) atoms. The van der Waals surface area contributed by atoms with Gasteiger partial charge in [-0.15, -0.1) is 0 Å². The molecule has 0 amide bonds. The molecule has 4 heteroatoms. The standard InChI is InChI=1S/C21H23NO3/c1-24-20-9-4-3-6-15(20)10-14-7-5-8-19(14)16-11-17(21(23)25-2)13-18(22)12-16/h3-4,6,9,11-13H,5,7-8,10,22H2,1-2H3. The number of hydrogen-bond donors (Lipinski definition) is 1. The van der Waals surface area contributed by atoms with E-state index in [0.29, 0.717) is 11.3 Å². The number of allylic oxidation sites excluding steroid dienone is 2. The van der Waals surface area contributed by atoms with Crippen LogP contribution >= 0.6 is 0 Å². The van der Waals surface area contributed by atoms with Gasteiger partial charge in [0, 0.05) is 5.69 Å². The molecule has 0 heterocycles. The van der Waals surface area contributed by atoms with E-state index in [9.17, 15) is 4.79 Å². The number of para-hydroxylation sites is 1. The van der Waals surface area contributed by atoms with E-state index < -0.39 is 0 Å². The van der Waals surface area contributed by atoms with E-state index in [4.69, 9.17) is 15.2 Å². The normalized spacial score (nSPS) is 13.8. The van der Waals surface area contributed by atoms with Gasteiger partial charge in [-0.2, -0.15) is 0 Å². The fraction of sp³-hybridized carbons (Fsp3) is 0.286. The van der Waals surface area contributed by atoms with Crippen LogP contribution in [0, 0.1) is 0 Å². The molecule has 0 unspecified atom stereocenters. The highest BCUT2D eigenvalue weighted by atomic mass is 16.5. The summed E-state index contributed by atoms with van der Waals surface area (Å²) in [6.07, 6.45) is 4.01. The SMILES string of the molecule is COC(=O)c1cc(N)cc(C2=C(Cc3ccccc3OC)CCC2)c1. The zero-order valence-electron chi connectivity index (χ0n) is 14.7. The number of carbonyl (C=O) groups excluding carboxylic acids is 1. The van der Waals surface area contributed by atoms with Gasteiger partial charge in [-0.3, -0.25) is 0 Å². The van der Waals surface area contributed by atoms with Crippen molar-refractivity contribution in [2.45, 2.75) is 25.7 Å². The number of rotatable bonds is 5. The van der Waals surface area contributed by atoms with Gasteiger partial charge in [0.05, 0.1) is 19.8 Å². The molecule has 2 aromatic carbocycles. The van der Waals surface area contributed by atoms with Crippen molar-refractivity contribution in [2.24, 2.45) is 0 Å². The van der Waals surface area contributed by atoms with Gasteiger partial charge in [-0.05, 0) is 66.6 Å². The van der Waals surface area contributed by atoms with E-state index in [1.54, 1.807) is 13.2 Å². The van der Waals surface area contributed by atoms with Gasteiger partial charge in [-0.25, -0.2) is 4.79 Å².